The van der Waals surface area contributed by atoms with Crippen LogP contribution in [0.4, 0.5) is 5.95 Å². The molecule has 0 radical (unpaired) electrons. The number of hydrogen-bond acceptors (Lipinski definition) is 5. The van der Waals surface area contributed by atoms with Crippen molar-refractivity contribution >= 4 is 11.9 Å². The van der Waals surface area contributed by atoms with E-state index in [0.29, 0.717) is 6.54 Å². The summed E-state index contributed by atoms with van der Waals surface area (Å²) in [6.45, 7) is 4.35. The van der Waals surface area contributed by atoms with Crippen LogP contribution in [-0.2, 0) is 11.3 Å². The second-order valence-electron chi connectivity index (χ2n) is 4.55. The molecule has 1 saturated heterocycles. The maximum atomic E-state index is 11.6. The second-order valence-corrected chi connectivity index (χ2v) is 4.55. The quantitative estimate of drug-likeness (QED) is 0.664. The second kappa shape index (κ2) is 6.34. The molecule has 0 atom stereocenters. The van der Waals surface area contributed by atoms with Gasteiger partial charge >= 0.3 is 0 Å². The van der Waals surface area contributed by atoms with Crippen LogP contribution in [0, 0.1) is 0 Å². The Balaban J connectivity index is 1.57. The maximum Gasteiger partial charge on any atom is 0.241 e. The average molecular weight is 252 g/mol. The summed E-state index contributed by atoms with van der Waals surface area (Å²) in [5, 5.41) is 6.73. The predicted octanol–water partition coefficient (Wildman–Crippen LogP) is -0.538. The van der Waals surface area contributed by atoms with E-state index in [4.69, 9.17) is 5.73 Å². The molecule has 1 aliphatic rings. The van der Waals surface area contributed by atoms with Gasteiger partial charge in [-0.1, -0.05) is 0 Å². The Morgan fingerprint density at radius 2 is 2.22 bits per heavy atom. The van der Waals surface area contributed by atoms with Crippen LogP contribution in [0.3, 0.4) is 0 Å². The van der Waals surface area contributed by atoms with Crippen LogP contribution in [0.25, 0.3) is 0 Å². The van der Waals surface area contributed by atoms with Gasteiger partial charge in [-0.05, 0) is 38.9 Å². The highest BCUT2D eigenvalue weighted by atomic mass is 16.2. The Bertz CT molecular complexity index is 385. The smallest absolute Gasteiger partial charge is 0.241 e. The molecule has 1 fully saturated rings. The fourth-order valence-corrected chi connectivity index (χ4v) is 2.12. The first-order chi connectivity index (χ1) is 8.74. The lowest BCUT2D eigenvalue weighted by Gasteiger charge is -2.14. The minimum absolute atomic E-state index is 0.0543. The number of aromatic nitrogens is 3. The first-order valence-corrected chi connectivity index (χ1v) is 6.38. The molecular weight excluding hydrogens is 232 g/mol. The number of carbonyl (C=O) groups excluding carboxylic acids is 1. The summed E-state index contributed by atoms with van der Waals surface area (Å²) in [7, 11) is 0. The minimum atomic E-state index is -0.0543. The average Bonchev–Trinajstić information content (AvgIpc) is 2.96. The SMILES string of the molecule is Nc1ncn(CC(=O)NCCCN2CCCC2)n1. The molecule has 0 aromatic carbocycles. The molecule has 1 aromatic heterocycles. The Morgan fingerprint density at radius 3 is 2.89 bits per heavy atom. The maximum absolute atomic E-state index is 11.6. The van der Waals surface area contributed by atoms with Gasteiger partial charge in [0.2, 0.25) is 11.9 Å². The molecule has 3 N–H and O–H groups in total. The molecule has 2 heterocycles. The standard InChI is InChI=1S/C11H20N6O/c12-11-14-9-17(15-11)8-10(18)13-4-3-7-16-5-1-2-6-16/h9H,1-8H2,(H2,12,15)(H,13,18). The number of nitrogens with one attached hydrogen (secondary N) is 1. The van der Waals surface area contributed by atoms with Gasteiger partial charge in [0.25, 0.3) is 0 Å². The van der Waals surface area contributed by atoms with Crippen molar-refractivity contribution in [1.82, 2.24) is 25.0 Å². The highest BCUT2D eigenvalue weighted by Crippen LogP contribution is 2.06. The number of amides is 1. The van der Waals surface area contributed by atoms with Crippen LogP contribution in [0.2, 0.25) is 0 Å². The first kappa shape index (κ1) is 12.8. The van der Waals surface area contributed by atoms with Crippen molar-refractivity contribution in [3.63, 3.8) is 0 Å². The number of likely N-dealkylation sites (tertiary alicyclic amines) is 1. The van der Waals surface area contributed by atoms with Crippen molar-refractivity contribution in [2.24, 2.45) is 0 Å². The molecule has 0 bridgehead atoms. The molecule has 1 aliphatic heterocycles. The largest absolute Gasteiger partial charge is 0.367 e. The summed E-state index contributed by atoms with van der Waals surface area (Å²) in [5.74, 6) is 0.137. The molecule has 7 nitrogen and oxygen atoms in total. The van der Waals surface area contributed by atoms with Crippen LogP contribution in [0.1, 0.15) is 19.3 Å². The van der Waals surface area contributed by atoms with Crippen molar-refractivity contribution in [2.75, 3.05) is 31.9 Å². The molecule has 7 heteroatoms. The van der Waals surface area contributed by atoms with Crippen LogP contribution < -0.4 is 11.1 Å². The molecule has 0 spiro atoms. The van der Waals surface area contributed by atoms with Gasteiger partial charge in [-0.2, -0.15) is 0 Å². The van der Waals surface area contributed by atoms with E-state index in [2.05, 4.69) is 20.3 Å². The molecule has 1 aromatic rings. The summed E-state index contributed by atoms with van der Waals surface area (Å²) in [6, 6.07) is 0. The van der Waals surface area contributed by atoms with E-state index in [9.17, 15) is 4.79 Å². The molecular formula is C11H20N6O. The lowest BCUT2D eigenvalue weighted by Crippen LogP contribution is -2.31. The van der Waals surface area contributed by atoms with E-state index >= 15 is 0 Å². The molecule has 18 heavy (non-hydrogen) atoms. The number of carbonyl (C=O) groups is 1. The molecule has 2 rings (SSSR count). The zero-order valence-electron chi connectivity index (χ0n) is 10.5. The number of rotatable bonds is 6. The van der Waals surface area contributed by atoms with Crippen LogP contribution in [-0.4, -0.2) is 51.8 Å². The van der Waals surface area contributed by atoms with Gasteiger partial charge in [-0.25, -0.2) is 9.67 Å². The summed E-state index contributed by atoms with van der Waals surface area (Å²) in [6.07, 6.45) is 5.06. The molecule has 100 valence electrons. The number of nitrogens with two attached hydrogens (primary N) is 1. The Kier molecular flexibility index (Phi) is 4.52. The van der Waals surface area contributed by atoms with Gasteiger partial charge in [0.15, 0.2) is 0 Å². The van der Waals surface area contributed by atoms with Crippen LogP contribution in [0.15, 0.2) is 6.33 Å². The lowest BCUT2D eigenvalue weighted by atomic mass is 10.4. The van der Waals surface area contributed by atoms with Gasteiger partial charge in [0.05, 0.1) is 0 Å². The zero-order valence-corrected chi connectivity index (χ0v) is 10.5. The first-order valence-electron chi connectivity index (χ1n) is 6.38. The Hall–Kier alpha value is -1.63. The number of anilines is 1. The summed E-state index contributed by atoms with van der Waals surface area (Å²) in [4.78, 5) is 17.8. The van der Waals surface area contributed by atoms with Gasteiger partial charge in [-0.3, -0.25) is 4.79 Å². The van der Waals surface area contributed by atoms with E-state index in [1.54, 1.807) is 0 Å². The van der Waals surface area contributed by atoms with E-state index < -0.39 is 0 Å². The monoisotopic (exact) mass is 252 g/mol. The van der Waals surface area contributed by atoms with E-state index in [1.165, 1.54) is 36.9 Å². The molecule has 1 amide bonds. The van der Waals surface area contributed by atoms with E-state index in [-0.39, 0.29) is 18.4 Å². The fourth-order valence-electron chi connectivity index (χ4n) is 2.12. The van der Waals surface area contributed by atoms with E-state index in [1.807, 2.05) is 0 Å². The predicted molar refractivity (Wildman–Crippen MR) is 67.7 cm³/mol. The number of nitrogen functional groups attached to an aromatic ring is 1. The van der Waals surface area contributed by atoms with Crippen molar-refractivity contribution in [3.05, 3.63) is 6.33 Å². The third-order valence-electron chi connectivity index (χ3n) is 3.03. The van der Waals surface area contributed by atoms with Crippen LogP contribution >= 0.6 is 0 Å². The lowest BCUT2D eigenvalue weighted by molar-refractivity contribution is -0.121. The minimum Gasteiger partial charge on any atom is -0.367 e. The molecule has 0 aliphatic carbocycles. The Labute approximate surface area is 106 Å². The van der Waals surface area contributed by atoms with Gasteiger partial charge in [-0.15, -0.1) is 5.10 Å². The topological polar surface area (TPSA) is 89.1 Å². The van der Waals surface area contributed by atoms with E-state index in [0.717, 1.165) is 13.0 Å². The summed E-state index contributed by atoms with van der Waals surface area (Å²) in [5.41, 5.74) is 5.37. The summed E-state index contributed by atoms with van der Waals surface area (Å²) < 4.78 is 1.44. The fraction of sp³-hybridized carbons (Fsp3) is 0.727. The molecule has 0 unspecified atom stereocenters. The van der Waals surface area contributed by atoms with Crippen molar-refractivity contribution in [2.45, 2.75) is 25.8 Å². The van der Waals surface area contributed by atoms with Crippen molar-refractivity contribution in [1.29, 1.82) is 0 Å². The normalized spacial score (nSPS) is 16.0. The highest BCUT2D eigenvalue weighted by molar-refractivity contribution is 5.75. The van der Waals surface area contributed by atoms with Crippen molar-refractivity contribution in [3.8, 4) is 0 Å². The zero-order chi connectivity index (χ0) is 12.8. The Morgan fingerprint density at radius 1 is 1.44 bits per heavy atom. The van der Waals surface area contributed by atoms with Crippen molar-refractivity contribution < 1.29 is 4.79 Å². The van der Waals surface area contributed by atoms with Gasteiger partial charge in [0, 0.05) is 6.54 Å². The van der Waals surface area contributed by atoms with Crippen LogP contribution in [0.5, 0.6) is 0 Å². The van der Waals surface area contributed by atoms with Gasteiger partial charge in [0.1, 0.15) is 12.9 Å². The molecule has 0 saturated carbocycles. The van der Waals surface area contributed by atoms with Gasteiger partial charge < -0.3 is 16.0 Å². The summed E-state index contributed by atoms with van der Waals surface area (Å²) >= 11 is 0. The third kappa shape index (κ3) is 3.99. The highest BCUT2D eigenvalue weighted by Gasteiger charge is 2.10. The third-order valence-corrected chi connectivity index (χ3v) is 3.03. The number of hydrogen-bond donors (Lipinski definition) is 2. The number of nitrogens with zero attached hydrogens (tertiary/aromatic N) is 4.